The maximum absolute atomic E-state index is 12.9. The Balaban J connectivity index is 1.40. The highest BCUT2D eigenvalue weighted by Gasteiger charge is 2.60. The van der Waals surface area contributed by atoms with Gasteiger partial charge in [0.25, 0.3) is 5.91 Å². The zero-order chi connectivity index (χ0) is 18.1. The number of hydrogen-bond acceptors (Lipinski definition) is 3. The molecule has 1 aromatic heterocycles. The van der Waals surface area contributed by atoms with Gasteiger partial charge < -0.3 is 5.32 Å². The third kappa shape index (κ3) is 2.47. The molecular weight excluding hydrogens is 361 g/mol. The number of amides is 1. The van der Waals surface area contributed by atoms with Gasteiger partial charge in [-0.3, -0.25) is 9.69 Å². The first-order chi connectivity index (χ1) is 12.4. The quantitative estimate of drug-likeness (QED) is 0.844. The molecule has 4 fully saturated rings. The summed E-state index contributed by atoms with van der Waals surface area (Å²) >= 11 is 1.14. The molecule has 1 unspecified atom stereocenters. The third-order valence-electron chi connectivity index (χ3n) is 6.34. The summed E-state index contributed by atoms with van der Waals surface area (Å²) in [5.41, 5.74) is -0.523. The minimum Gasteiger partial charge on any atom is -0.346 e. The van der Waals surface area contributed by atoms with Crippen LogP contribution in [0.2, 0.25) is 0 Å². The van der Waals surface area contributed by atoms with Crippen molar-refractivity contribution < 1.29 is 18.0 Å². The zero-order valence-electron chi connectivity index (χ0n) is 14.1. The van der Waals surface area contributed by atoms with Gasteiger partial charge in [0.1, 0.15) is 0 Å². The number of nitrogens with zero attached hydrogens (tertiary/aromatic N) is 1. The number of fused-ring (bicyclic) bond motifs is 3. The molecule has 4 heterocycles. The van der Waals surface area contributed by atoms with Gasteiger partial charge in [0.15, 0.2) is 0 Å². The van der Waals surface area contributed by atoms with Gasteiger partial charge in [-0.25, -0.2) is 0 Å². The molecule has 138 valence electrons. The molecule has 2 aromatic rings. The number of carbonyl (C=O) groups is 1. The molecule has 3 saturated heterocycles. The van der Waals surface area contributed by atoms with Gasteiger partial charge in [-0.15, -0.1) is 11.3 Å². The predicted octanol–water partition coefficient (Wildman–Crippen LogP) is 4.28. The topological polar surface area (TPSA) is 32.3 Å². The number of benzene rings is 1. The van der Waals surface area contributed by atoms with E-state index in [9.17, 15) is 18.0 Å². The van der Waals surface area contributed by atoms with Gasteiger partial charge in [-0.05, 0) is 68.3 Å². The first-order valence-electron chi connectivity index (χ1n) is 9.04. The first kappa shape index (κ1) is 16.6. The molecular formula is C19H19F3N2OS. The number of halogens is 3. The Morgan fingerprint density at radius 2 is 1.92 bits per heavy atom. The van der Waals surface area contributed by atoms with Gasteiger partial charge in [-0.1, -0.05) is 6.07 Å². The smallest absolute Gasteiger partial charge is 0.346 e. The Labute approximate surface area is 153 Å². The predicted molar refractivity (Wildman–Crippen MR) is 94.3 cm³/mol. The van der Waals surface area contributed by atoms with Crippen molar-refractivity contribution in [2.24, 2.45) is 5.92 Å². The van der Waals surface area contributed by atoms with E-state index in [1.54, 1.807) is 6.07 Å². The Kier molecular flexibility index (Phi) is 3.47. The standard InChI is InChI=1S/C19H19F3N2OS/c20-19(21,22)13-2-1-12-9-15(26-14(12)10-13)17(25)23-16-11-3-7-24(8-4-11)18(16)5-6-18/h1-2,9-11,16H,3-8H2,(H,23,25). The van der Waals surface area contributed by atoms with Crippen molar-refractivity contribution in [3.05, 3.63) is 34.7 Å². The van der Waals surface area contributed by atoms with Crippen molar-refractivity contribution in [1.29, 1.82) is 0 Å². The number of alkyl halides is 3. The van der Waals surface area contributed by atoms with Crippen LogP contribution in [-0.2, 0) is 6.18 Å². The van der Waals surface area contributed by atoms with Gasteiger partial charge in [0, 0.05) is 10.2 Å². The normalized spacial score (nSPS) is 29.3. The van der Waals surface area contributed by atoms with E-state index in [4.69, 9.17) is 0 Å². The van der Waals surface area contributed by atoms with Crippen molar-refractivity contribution in [2.75, 3.05) is 13.1 Å². The molecule has 3 nitrogen and oxygen atoms in total. The second-order valence-corrected chi connectivity index (χ2v) is 8.82. The Hall–Kier alpha value is -1.60. The molecule has 7 heteroatoms. The van der Waals surface area contributed by atoms with Crippen LogP contribution >= 0.6 is 11.3 Å². The van der Waals surface area contributed by atoms with Crippen LogP contribution in [0.5, 0.6) is 0 Å². The molecule has 1 amide bonds. The van der Waals surface area contributed by atoms with E-state index in [0.717, 1.165) is 62.2 Å². The van der Waals surface area contributed by atoms with Crippen LogP contribution in [0.3, 0.4) is 0 Å². The van der Waals surface area contributed by atoms with Crippen molar-refractivity contribution in [3.8, 4) is 0 Å². The van der Waals surface area contributed by atoms with E-state index in [-0.39, 0.29) is 17.5 Å². The van der Waals surface area contributed by atoms with Crippen molar-refractivity contribution in [3.63, 3.8) is 0 Å². The van der Waals surface area contributed by atoms with Gasteiger partial charge in [0.2, 0.25) is 0 Å². The average Bonchev–Trinajstić information content (AvgIpc) is 3.26. The van der Waals surface area contributed by atoms with Crippen LogP contribution in [0, 0.1) is 5.92 Å². The van der Waals surface area contributed by atoms with Crippen LogP contribution in [-0.4, -0.2) is 35.5 Å². The van der Waals surface area contributed by atoms with Crippen molar-refractivity contribution >= 4 is 27.3 Å². The number of thiophene rings is 1. The summed E-state index contributed by atoms with van der Waals surface area (Å²) in [6, 6.07) is 5.53. The van der Waals surface area contributed by atoms with Gasteiger partial charge in [0.05, 0.1) is 16.5 Å². The summed E-state index contributed by atoms with van der Waals surface area (Å²) in [4.78, 5) is 15.8. The molecule has 0 radical (unpaired) electrons. The SMILES string of the molecule is O=C(NC1C2CCN(CC2)C12CC2)c1cc2ccc(C(F)(F)F)cc2s1. The average molecular weight is 380 g/mol. The monoisotopic (exact) mass is 380 g/mol. The maximum Gasteiger partial charge on any atom is 0.416 e. The number of carbonyl (C=O) groups excluding carboxylic acids is 1. The van der Waals surface area contributed by atoms with E-state index in [1.807, 2.05) is 0 Å². The second kappa shape index (κ2) is 5.45. The minimum atomic E-state index is -4.37. The molecule has 1 spiro atoms. The highest BCUT2D eigenvalue weighted by molar-refractivity contribution is 7.20. The second-order valence-electron chi connectivity index (χ2n) is 7.74. The Bertz CT molecular complexity index is 879. The molecule has 1 aromatic carbocycles. The van der Waals surface area contributed by atoms with E-state index >= 15 is 0 Å². The van der Waals surface area contributed by atoms with Gasteiger partial charge in [-0.2, -0.15) is 13.2 Å². The molecule has 3 aliphatic heterocycles. The first-order valence-corrected chi connectivity index (χ1v) is 9.85. The lowest BCUT2D eigenvalue weighted by molar-refractivity contribution is -0.137. The summed E-state index contributed by atoms with van der Waals surface area (Å²) in [6.07, 6.45) is 0.141. The lowest BCUT2D eigenvalue weighted by Gasteiger charge is -2.52. The Morgan fingerprint density at radius 1 is 1.19 bits per heavy atom. The van der Waals surface area contributed by atoms with Crippen LogP contribution in [0.1, 0.15) is 40.9 Å². The van der Waals surface area contributed by atoms with E-state index in [1.165, 1.54) is 6.07 Å². The molecule has 4 aliphatic rings. The highest BCUT2D eigenvalue weighted by Crippen LogP contribution is 2.53. The van der Waals surface area contributed by atoms with Crippen LogP contribution < -0.4 is 5.32 Å². The summed E-state index contributed by atoms with van der Waals surface area (Å²) in [6.45, 7) is 2.25. The third-order valence-corrected chi connectivity index (χ3v) is 7.44. The highest BCUT2D eigenvalue weighted by atomic mass is 32.1. The summed E-state index contributed by atoms with van der Waals surface area (Å²) in [5.74, 6) is 0.377. The van der Waals surface area contributed by atoms with E-state index < -0.39 is 11.7 Å². The number of piperidine rings is 3. The molecule has 1 saturated carbocycles. The lowest BCUT2D eigenvalue weighted by Crippen LogP contribution is -2.65. The summed E-state index contributed by atoms with van der Waals surface area (Å²) in [7, 11) is 0. The molecule has 1 N–H and O–H groups in total. The molecule has 6 rings (SSSR count). The maximum atomic E-state index is 12.9. The lowest BCUT2D eigenvalue weighted by atomic mass is 9.77. The number of nitrogens with one attached hydrogen (secondary N) is 1. The fourth-order valence-electron chi connectivity index (χ4n) is 4.85. The fraction of sp³-hybridized carbons (Fsp3) is 0.526. The molecule has 2 bridgehead atoms. The van der Waals surface area contributed by atoms with Crippen LogP contribution in [0.15, 0.2) is 24.3 Å². The van der Waals surface area contributed by atoms with Crippen LogP contribution in [0.4, 0.5) is 13.2 Å². The number of hydrogen-bond donors (Lipinski definition) is 1. The van der Waals surface area contributed by atoms with Gasteiger partial charge >= 0.3 is 6.18 Å². The Morgan fingerprint density at radius 3 is 2.58 bits per heavy atom. The summed E-state index contributed by atoms with van der Waals surface area (Å²) < 4.78 is 39.2. The molecule has 26 heavy (non-hydrogen) atoms. The number of rotatable bonds is 2. The molecule has 1 aliphatic carbocycles. The summed E-state index contributed by atoms with van der Waals surface area (Å²) in [5, 5.41) is 3.92. The minimum absolute atomic E-state index is 0.148. The van der Waals surface area contributed by atoms with Crippen molar-refractivity contribution in [1.82, 2.24) is 10.2 Å². The molecule has 1 atom stereocenters. The van der Waals surface area contributed by atoms with Crippen LogP contribution in [0.25, 0.3) is 10.1 Å². The fourth-order valence-corrected chi connectivity index (χ4v) is 5.86. The zero-order valence-corrected chi connectivity index (χ0v) is 14.9. The van der Waals surface area contributed by atoms with E-state index in [2.05, 4.69) is 10.2 Å². The largest absolute Gasteiger partial charge is 0.416 e. The van der Waals surface area contributed by atoms with Crippen molar-refractivity contribution in [2.45, 2.75) is 43.4 Å². The van der Waals surface area contributed by atoms with E-state index in [0.29, 0.717) is 20.9 Å².